The Bertz CT molecular complexity index is 938. The summed E-state index contributed by atoms with van der Waals surface area (Å²) in [5, 5.41) is 9.54. The van der Waals surface area contributed by atoms with Gasteiger partial charge in [0.05, 0.1) is 7.05 Å². The van der Waals surface area contributed by atoms with Gasteiger partial charge in [0.2, 0.25) is 0 Å². The first-order valence-electron chi connectivity index (χ1n) is 7.63. The second-order valence-electron chi connectivity index (χ2n) is 6.25. The molecular formula is C19H16BrFNO3+. The molecule has 1 heterocycles. The van der Waals surface area contributed by atoms with Gasteiger partial charge >= 0.3 is 11.9 Å². The van der Waals surface area contributed by atoms with Crippen LogP contribution in [-0.4, -0.2) is 24.0 Å². The Hall–Kier alpha value is -2.31. The van der Waals surface area contributed by atoms with Crippen molar-refractivity contribution in [2.45, 2.75) is 13.5 Å². The maximum absolute atomic E-state index is 13.6. The quantitative estimate of drug-likeness (QED) is 0.618. The molecule has 1 aliphatic heterocycles. The average Bonchev–Trinajstić information content (AvgIpc) is 2.53. The number of rotatable bonds is 3. The summed E-state index contributed by atoms with van der Waals surface area (Å²) in [5.74, 6) is -2.16. The highest BCUT2D eigenvalue weighted by Crippen LogP contribution is 2.41. The molecule has 0 aromatic heterocycles. The number of benzene rings is 2. The van der Waals surface area contributed by atoms with Crippen molar-refractivity contribution in [3.63, 3.8) is 0 Å². The Morgan fingerprint density at radius 3 is 2.60 bits per heavy atom. The fraction of sp³-hybridized carbons (Fsp3) is 0.158. The van der Waals surface area contributed by atoms with Gasteiger partial charge in [-0.05, 0) is 36.8 Å². The Morgan fingerprint density at radius 2 is 1.96 bits per heavy atom. The van der Waals surface area contributed by atoms with Crippen LogP contribution in [0.25, 0.3) is 5.57 Å². The van der Waals surface area contributed by atoms with Crippen LogP contribution in [0.15, 0.2) is 52.5 Å². The van der Waals surface area contributed by atoms with Crippen LogP contribution < -0.4 is 4.48 Å². The van der Waals surface area contributed by atoms with Crippen molar-refractivity contribution < 1.29 is 19.1 Å². The lowest BCUT2D eigenvalue weighted by molar-refractivity contribution is -0.137. The number of halogens is 2. The molecule has 1 N–H and O–H groups in total. The van der Waals surface area contributed by atoms with Crippen LogP contribution in [0.4, 0.5) is 10.1 Å². The molecule has 1 atom stereocenters. The summed E-state index contributed by atoms with van der Waals surface area (Å²) in [6.45, 7) is 1.80. The van der Waals surface area contributed by atoms with Gasteiger partial charge in [-0.2, -0.15) is 0 Å². The van der Waals surface area contributed by atoms with Crippen LogP contribution in [0, 0.1) is 5.82 Å². The third kappa shape index (κ3) is 2.92. The monoisotopic (exact) mass is 404 g/mol. The van der Waals surface area contributed by atoms with Crippen molar-refractivity contribution in [3.8, 4) is 0 Å². The van der Waals surface area contributed by atoms with Crippen LogP contribution in [0.3, 0.4) is 0 Å². The number of nitrogens with zero attached hydrogens (tertiary/aromatic N) is 1. The van der Waals surface area contributed by atoms with Gasteiger partial charge in [0, 0.05) is 21.7 Å². The van der Waals surface area contributed by atoms with E-state index in [0.717, 1.165) is 4.47 Å². The van der Waals surface area contributed by atoms with Gasteiger partial charge in [-0.25, -0.2) is 18.5 Å². The first kappa shape index (κ1) is 17.5. The minimum absolute atomic E-state index is 0.157. The highest BCUT2D eigenvalue weighted by atomic mass is 79.9. The van der Waals surface area contributed by atoms with E-state index in [1.54, 1.807) is 32.2 Å². The van der Waals surface area contributed by atoms with Gasteiger partial charge in [-0.1, -0.05) is 28.1 Å². The molecule has 0 spiro atoms. The molecule has 4 nitrogen and oxygen atoms in total. The number of carboxylic acids is 1. The zero-order valence-corrected chi connectivity index (χ0v) is 15.3. The lowest BCUT2D eigenvalue weighted by atomic mass is 9.91. The molecule has 0 saturated heterocycles. The van der Waals surface area contributed by atoms with E-state index in [1.807, 2.05) is 12.1 Å². The van der Waals surface area contributed by atoms with E-state index >= 15 is 0 Å². The van der Waals surface area contributed by atoms with E-state index in [4.69, 9.17) is 0 Å². The molecule has 6 heteroatoms. The molecule has 0 aliphatic carbocycles. The molecule has 1 aliphatic rings. The van der Waals surface area contributed by atoms with E-state index in [0.29, 0.717) is 22.4 Å². The van der Waals surface area contributed by atoms with Crippen molar-refractivity contribution in [3.05, 3.63) is 69.5 Å². The summed E-state index contributed by atoms with van der Waals surface area (Å²) in [5.41, 5.74) is 2.22. The van der Waals surface area contributed by atoms with E-state index in [1.165, 1.54) is 12.1 Å². The first-order chi connectivity index (χ1) is 11.7. The molecule has 128 valence electrons. The maximum Gasteiger partial charge on any atom is 0.358 e. The number of allylic oxidation sites excluding steroid dienone is 1. The van der Waals surface area contributed by atoms with Gasteiger partial charge in [-0.15, -0.1) is 0 Å². The molecule has 0 fully saturated rings. The Labute approximate surface area is 152 Å². The molecule has 1 unspecified atom stereocenters. The number of hydrogen-bond acceptors (Lipinski definition) is 2. The molecular weight excluding hydrogens is 389 g/mol. The number of aliphatic carboxylic acids is 1. The minimum atomic E-state index is -1.25. The van der Waals surface area contributed by atoms with Crippen LogP contribution in [0.1, 0.15) is 18.1 Å². The Morgan fingerprint density at radius 1 is 1.24 bits per heavy atom. The van der Waals surface area contributed by atoms with E-state index in [2.05, 4.69) is 15.9 Å². The Balaban J connectivity index is 2.23. The average molecular weight is 405 g/mol. The second kappa shape index (κ2) is 6.20. The normalized spacial score (nSPS) is 19.8. The molecule has 0 bridgehead atoms. The number of carbonyl (C=O) groups is 2. The van der Waals surface area contributed by atoms with Crippen molar-refractivity contribution in [2.75, 3.05) is 7.05 Å². The number of hydrogen-bond donors (Lipinski definition) is 1. The van der Waals surface area contributed by atoms with E-state index in [9.17, 15) is 19.1 Å². The summed E-state index contributed by atoms with van der Waals surface area (Å²) in [6, 6.07) is 11.4. The van der Waals surface area contributed by atoms with Gasteiger partial charge in [0.1, 0.15) is 18.0 Å². The molecule has 2 aromatic carbocycles. The summed E-state index contributed by atoms with van der Waals surface area (Å²) in [7, 11) is 1.66. The summed E-state index contributed by atoms with van der Waals surface area (Å²) in [6.07, 6.45) is 0. The molecule has 25 heavy (non-hydrogen) atoms. The molecule has 0 radical (unpaired) electrons. The molecule has 0 saturated carbocycles. The van der Waals surface area contributed by atoms with Crippen LogP contribution >= 0.6 is 15.9 Å². The number of carbonyl (C=O) groups excluding carboxylic acids is 1. The lowest BCUT2D eigenvalue weighted by Crippen LogP contribution is -2.53. The fourth-order valence-electron chi connectivity index (χ4n) is 3.29. The SMILES string of the molecule is CC1=C(C(=O)O)C(=O)[N+](C)(Cc2cccc(F)c2)c2cc(Br)ccc21. The van der Waals surface area contributed by atoms with Crippen molar-refractivity contribution in [1.82, 2.24) is 4.48 Å². The lowest BCUT2D eigenvalue weighted by Gasteiger charge is -2.36. The fourth-order valence-corrected chi connectivity index (χ4v) is 3.64. The topological polar surface area (TPSA) is 54.4 Å². The number of amides is 1. The van der Waals surface area contributed by atoms with E-state index in [-0.39, 0.29) is 16.6 Å². The van der Waals surface area contributed by atoms with Gasteiger partial charge in [0.25, 0.3) is 0 Å². The number of fused-ring (bicyclic) bond motifs is 1. The standard InChI is InChI=1S/C19H15BrFNO3/c1-11-15-7-6-13(20)9-16(15)22(2,18(23)17(11)19(24)25)10-12-4-3-5-14(21)8-12/h3-9H,10H2,1-2H3/p+1. The second-order valence-corrected chi connectivity index (χ2v) is 7.17. The minimum Gasteiger partial charge on any atom is -0.477 e. The zero-order chi connectivity index (χ0) is 18.4. The molecule has 3 rings (SSSR count). The van der Waals surface area contributed by atoms with Crippen molar-refractivity contribution in [1.29, 1.82) is 0 Å². The van der Waals surface area contributed by atoms with Crippen LogP contribution in [0.5, 0.6) is 0 Å². The van der Waals surface area contributed by atoms with Crippen LogP contribution in [0.2, 0.25) is 0 Å². The highest BCUT2D eigenvalue weighted by molar-refractivity contribution is 9.10. The number of carboxylic acid groups (broad SMARTS) is 1. The predicted octanol–water partition coefficient (Wildman–Crippen LogP) is 4.12. The summed E-state index contributed by atoms with van der Waals surface area (Å²) >= 11 is 3.41. The third-order valence-electron chi connectivity index (χ3n) is 4.53. The maximum atomic E-state index is 13.6. The summed E-state index contributed by atoms with van der Waals surface area (Å²) in [4.78, 5) is 24.8. The predicted molar refractivity (Wildman–Crippen MR) is 97.2 cm³/mol. The number of quaternary nitrogens is 1. The van der Waals surface area contributed by atoms with Crippen molar-refractivity contribution in [2.24, 2.45) is 0 Å². The zero-order valence-electron chi connectivity index (χ0n) is 13.7. The largest absolute Gasteiger partial charge is 0.477 e. The first-order valence-corrected chi connectivity index (χ1v) is 8.43. The molecule has 1 amide bonds. The third-order valence-corrected chi connectivity index (χ3v) is 5.03. The highest BCUT2D eigenvalue weighted by Gasteiger charge is 2.46. The van der Waals surface area contributed by atoms with Gasteiger partial charge in [-0.3, -0.25) is 0 Å². The smallest absolute Gasteiger partial charge is 0.358 e. The van der Waals surface area contributed by atoms with Crippen LogP contribution in [-0.2, 0) is 16.1 Å². The molecule has 2 aromatic rings. The van der Waals surface area contributed by atoms with E-state index < -0.39 is 17.7 Å². The van der Waals surface area contributed by atoms with Crippen molar-refractivity contribution >= 4 is 39.1 Å². The Kier molecular flexibility index (Phi) is 4.34. The van der Waals surface area contributed by atoms with Gasteiger partial charge < -0.3 is 5.11 Å². The number of likely N-dealkylation sites (N-methyl/N-ethyl adjacent to an activating group) is 1. The summed E-state index contributed by atoms with van der Waals surface area (Å²) < 4.78 is 14.1. The van der Waals surface area contributed by atoms with Gasteiger partial charge in [0.15, 0.2) is 5.57 Å².